The third-order valence-corrected chi connectivity index (χ3v) is 9.44. The van der Waals surface area contributed by atoms with Gasteiger partial charge in [0.1, 0.15) is 6.33 Å². The molecule has 0 spiro atoms. The van der Waals surface area contributed by atoms with Crippen LogP contribution >= 0.6 is 22.7 Å². The van der Waals surface area contributed by atoms with E-state index in [1.54, 1.807) is 36.4 Å². The first-order valence-electron chi connectivity index (χ1n) is 19.8. The molecule has 4 heteroatoms. The predicted octanol–water partition coefficient (Wildman–Crippen LogP) is 11.4. The molecule has 196 valence electrons. The molecule has 9 rings (SSSR count). The zero-order valence-electron chi connectivity index (χ0n) is 35.3. The number of rotatable bonds is 3. The summed E-state index contributed by atoms with van der Waals surface area (Å²) in [5.74, 6) is 0. The highest BCUT2D eigenvalue weighted by atomic mass is 32.1. The molecule has 9 aromatic rings. The summed E-state index contributed by atoms with van der Waals surface area (Å²) in [5.41, 5.74) is 3.06. The standard InChI is InChI=1S/C38H22N2S2/c1-2-8-24-19-25(16-15-23(24)7-1)26-17-18-34-32(21-26)36-38(42-34)35(39-22-40-36)28-10-5-9-27(20-28)29-12-6-13-31-30-11-3-4-14-33(30)41-37(29)31/h1-22H/i1D,2D,3D,4D,6D,7D,8D,11D,12D,13D,14D,15D,16D,19D. The van der Waals surface area contributed by atoms with Crippen molar-refractivity contribution in [2.45, 2.75) is 0 Å². The van der Waals surface area contributed by atoms with Crippen molar-refractivity contribution in [3.63, 3.8) is 0 Å². The summed E-state index contributed by atoms with van der Waals surface area (Å²) in [6, 6.07) is 7.14. The molecule has 0 amide bonds. The maximum Gasteiger partial charge on any atom is 0.116 e. The summed E-state index contributed by atoms with van der Waals surface area (Å²) < 4.78 is 122. The third-order valence-electron chi connectivity index (χ3n) is 7.15. The number of fused-ring (bicyclic) bond motifs is 7. The average Bonchev–Trinajstić information content (AvgIpc) is 3.77. The molecule has 42 heavy (non-hydrogen) atoms. The number of hydrogen-bond donors (Lipinski definition) is 0. The van der Waals surface area contributed by atoms with E-state index in [4.69, 9.17) is 19.2 Å². The van der Waals surface area contributed by atoms with E-state index in [2.05, 4.69) is 9.97 Å². The van der Waals surface area contributed by atoms with Crippen molar-refractivity contribution in [1.82, 2.24) is 9.97 Å². The molecule has 0 N–H and O–H groups in total. The fourth-order valence-electron chi connectivity index (χ4n) is 5.22. The van der Waals surface area contributed by atoms with Crippen molar-refractivity contribution in [2.75, 3.05) is 0 Å². The molecule has 6 aromatic carbocycles. The monoisotopic (exact) mass is 584 g/mol. The van der Waals surface area contributed by atoms with Crippen molar-refractivity contribution < 1.29 is 19.2 Å². The van der Waals surface area contributed by atoms with Crippen molar-refractivity contribution in [3.05, 3.63) is 133 Å². The summed E-state index contributed by atoms with van der Waals surface area (Å²) in [5, 5.41) is 0.708. The van der Waals surface area contributed by atoms with Crippen LogP contribution in [0.3, 0.4) is 0 Å². The first-order chi connectivity index (χ1) is 26.6. The van der Waals surface area contributed by atoms with Gasteiger partial charge in [-0.05, 0) is 63.3 Å². The molecule has 3 heterocycles. The van der Waals surface area contributed by atoms with Crippen LogP contribution in [0.15, 0.2) is 133 Å². The number of benzene rings is 6. The molecule has 0 fully saturated rings. The lowest BCUT2D eigenvalue weighted by atomic mass is 9.99. The lowest BCUT2D eigenvalue weighted by Gasteiger charge is -2.07. The minimum absolute atomic E-state index is 0.0509. The summed E-state index contributed by atoms with van der Waals surface area (Å²) in [7, 11) is 0. The van der Waals surface area contributed by atoms with E-state index < -0.39 is 42.3 Å². The predicted molar refractivity (Wildman–Crippen MR) is 182 cm³/mol. The highest BCUT2D eigenvalue weighted by molar-refractivity contribution is 7.26. The van der Waals surface area contributed by atoms with Gasteiger partial charge in [-0.1, -0.05) is 96.8 Å². The Kier molecular flexibility index (Phi) is 3.07. The SMILES string of the molecule is [2H]c1c([2H])c([2H])c2c(sc3c(-c4cccc(-c5ncnc6c5sc5ccc(-c7c([2H])c([2H])c8c([2H])c([2H])c([2H])c([2H])c8c7[2H])cc56)c4)c([2H])c([2H])c([2H])c32)c1[2H]. The second-order valence-electron chi connectivity index (χ2n) is 9.55. The molecule has 0 unspecified atom stereocenters. The Bertz CT molecular complexity index is 3270. The van der Waals surface area contributed by atoms with E-state index in [1.807, 2.05) is 6.07 Å². The second-order valence-corrected chi connectivity index (χ2v) is 11.6. The molecule has 0 aliphatic rings. The minimum atomic E-state index is -0.535. The van der Waals surface area contributed by atoms with E-state index in [-0.39, 0.29) is 74.1 Å². The fraction of sp³-hybridized carbons (Fsp3) is 0. The molecular formula is C38H22N2S2. The molecule has 0 saturated carbocycles. The molecule has 3 aromatic heterocycles. The van der Waals surface area contributed by atoms with Gasteiger partial charge in [0.2, 0.25) is 0 Å². The van der Waals surface area contributed by atoms with Crippen LogP contribution in [0.1, 0.15) is 19.2 Å². The van der Waals surface area contributed by atoms with Crippen molar-refractivity contribution in [3.8, 4) is 33.5 Å². The summed E-state index contributed by atoms with van der Waals surface area (Å²) in [6.07, 6.45) is 1.41. The zero-order valence-corrected chi connectivity index (χ0v) is 23.0. The lowest BCUT2D eigenvalue weighted by molar-refractivity contribution is 1.24. The maximum atomic E-state index is 9.01. The van der Waals surface area contributed by atoms with Gasteiger partial charge in [0.15, 0.2) is 0 Å². The Morgan fingerprint density at radius 1 is 0.548 bits per heavy atom. The van der Waals surface area contributed by atoms with Crippen LogP contribution in [-0.2, 0) is 0 Å². The van der Waals surface area contributed by atoms with Gasteiger partial charge in [0.25, 0.3) is 0 Å². The topological polar surface area (TPSA) is 25.8 Å². The summed E-state index contributed by atoms with van der Waals surface area (Å²) >= 11 is 2.47. The number of thiophene rings is 2. The van der Waals surface area contributed by atoms with Gasteiger partial charge in [-0.3, -0.25) is 0 Å². The van der Waals surface area contributed by atoms with Crippen LogP contribution in [0, 0.1) is 0 Å². The Morgan fingerprint density at radius 3 is 2.36 bits per heavy atom. The Labute approximate surface area is 269 Å². The largest absolute Gasteiger partial charge is 0.235 e. The van der Waals surface area contributed by atoms with E-state index >= 15 is 0 Å². The zero-order chi connectivity index (χ0) is 39.8. The van der Waals surface area contributed by atoms with Crippen LogP contribution in [0.2, 0.25) is 0 Å². The highest BCUT2D eigenvalue weighted by Crippen LogP contribution is 2.42. The normalized spacial score (nSPS) is 16.5. The number of nitrogens with zero attached hydrogens (tertiary/aromatic N) is 2. The van der Waals surface area contributed by atoms with Gasteiger partial charge < -0.3 is 0 Å². The third kappa shape index (κ3) is 3.69. The van der Waals surface area contributed by atoms with Crippen molar-refractivity contribution in [2.24, 2.45) is 0 Å². The van der Waals surface area contributed by atoms with Gasteiger partial charge >= 0.3 is 0 Å². The molecular weight excluding hydrogens is 549 g/mol. The molecule has 0 aliphatic heterocycles. The lowest BCUT2D eigenvalue weighted by Crippen LogP contribution is -1.87. The summed E-state index contributed by atoms with van der Waals surface area (Å²) in [6.45, 7) is 0. The van der Waals surface area contributed by atoms with Crippen LogP contribution in [0.25, 0.3) is 84.8 Å². The summed E-state index contributed by atoms with van der Waals surface area (Å²) in [4.78, 5) is 9.22. The molecule has 0 atom stereocenters. The fourth-order valence-corrected chi connectivity index (χ4v) is 7.45. The molecule has 0 saturated heterocycles. The molecule has 0 bridgehead atoms. The quantitative estimate of drug-likeness (QED) is 0.206. The van der Waals surface area contributed by atoms with E-state index in [9.17, 15) is 0 Å². The Morgan fingerprint density at radius 2 is 1.38 bits per heavy atom. The van der Waals surface area contributed by atoms with E-state index in [0.29, 0.717) is 48.3 Å². The Balaban J connectivity index is 1.23. The Hall–Kier alpha value is -4.90. The van der Waals surface area contributed by atoms with Crippen LogP contribution < -0.4 is 0 Å². The maximum absolute atomic E-state index is 9.01. The van der Waals surface area contributed by atoms with Crippen LogP contribution in [0.5, 0.6) is 0 Å². The van der Waals surface area contributed by atoms with Gasteiger partial charge in [0, 0.05) is 35.8 Å². The van der Waals surface area contributed by atoms with Crippen molar-refractivity contribution >= 4 is 73.9 Å². The van der Waals surface area contributed by atoms with Gasteiger partial charge in [-0.25, -0.2) is 9.97 Å². The number of aromatic nitrogens is 2. The first-order valence-corrected chi connectivity index (χ1v) is 14.5. The van der Waals surface area contributed by atoms with Crippen LogP contribution in [0.4, 0.5) is 0 Å². The molecule has 2 nitrogen and oxygen atoms in total. The minimum Gasteiger partial charge on any atom is -0.235 e. The van der Waals surface area contributed by atoms with E-state index in [1.165, 1.54) is 17.7 Å². The van der Waals surface area contributed by atoms with Gasteiger partial charge in [-0.15, -0.1) is 22.7 Å². The van der Waals surface area contributed by atoms with Crippen LogP contribution in [-0.4, -0.2) is 9.97 Å². The molecule has 0 aliphatic carbocycles. The van der Waals surface area contributed by atoms with Crippen molar-refractivity contribution in [1.29, 1.82) is 0 Å². The second kappa shape index (κ2) is 9.31. The average molecular weight is 585 g/mol. The molecule has 0 radical (unpaired) electrons. The van der Waals surface area contributed by atoms with Gasteiger partial charge in [0.05, 0.1) is 35.1 Å². The first kappa shape index (κ1) is 13.8. The number of hydrogen-bond acceptors (Lipinski definition) is 4. The van der Waals surface area contributed by atoms with Gasteiger partial charge in [-0.2, -0.15) is 0 Å². The smallest absolute Gasteiger partial charge is 0.116 e. The highest BCUT2D eigenvalue weighted by Gasteiger charge is 2.16. The van der Waals surface area contributed by atoms with E-state index in [0.717, 1.165) is 16.0 Å².